The van der Waals surface area contributed by atoms with Crippen LogP contribution in [0.4, 0.5) is 0 Å². The summed E-state index contributed by atoms with van der Waals surface area (Å²) in [7, 11) is 0. The third kappa shape index (κ3) is 14.9. The highest BCUT2D eigenvalue weighted by Gasteiger charge is 2.49. The number of esters is 1. The monoisotopic (exact) mass is 1320 g/mol. The van der Waals surface area contributed by atoms with Gasteiger partial charge in [0.25, 0.3) is 17.7 Å². The molecule has 28 nitrogen and oxygen atoms in total. The summed E-state index contributed by atoms with van der Waals surface area (Å²) in [4.78, 5) is 155. The predicted octanol–water partition coefficient (Wildman–Crippen LogP) is 2.26. The number of hydrogen-bond acceptors (Lipinski definition) is 24. The van der Waals surface area contributed by atoms with Gasteiger partial charge in [-0.1, -0.05) is 52.0 Å². The molecule has 4 aromatic heterocycles. The van der Waals surface area contributed by atoms with Crippen LogP contribution in [0, 0.1) is 31.8 Å². The average Bonchev–Trinajstić information content (AvgIpc) is 1.75. The molecule has 32 heteroatoms. The van der Waals surface area contributed by atoms with Gasteiger partial charge in [0.1, 0.15) is 92.2 Å². The Morgan fingerprint density at radius 1 is 0.846 bits per heavy atom. The van der Waals surface area contributed by atoms with E-state index in [-0.39, 0.29) is 89.9 Å². The number of pyridine rings is 1. The van der Waals surface area contributed by atoms with Crippen LogP contribution in [0.25, 0.3) is 6.08 Å². The molecular formula is C59H66N15O13S4. The lowest BCUT2D eigenvalue weighted by molar-refractivity contribution is -0.127. The first-order chi connectivity index (χ1) is 43.3. The van der Waals surface area contributed by atoms with E-state index in [4.69, 9.17) is 26.6 Å². The van der Waals surface area contributed by atoms with Gasteiger partial charge in [0.05, 0.1) is 53.1 Å². The van der Waals surface area contributed by atoms with Crippen LogP contribution in [-0.4, -0.2) is 142 Å². The highest BCUT2D eigenvalue weighted by atomic mass is 32.2. The van der Waals surface area contributed by atoms with Crippen molar-refractivity contribution in [1.82, 2.24) is 67.8 Å². The van der Waals surface area contributed by atoms with Crippen LogP contribution in [0.15, 0.2) is 62.3 Å². The Kier molecular flexibility index (Phi) is 21.2. The van der Waals surface area contributed by atoms with Gasteiger partial charge >= 0.3 is 5.97 Å². The number of allylic oxidation sites excluding steroid dienone is 1. The van der Waals surface area contributed by atoms with Crippen LogP contribution >= 0.6 is 45.8 Å². The van der Waals surface area contributed by atoms with Crippen molar-refractivity contribution in [3.63, 3.8) is 0 Å². The van der Waals surface area contributed by atoms with Crippen molar-refractivity contribution < 1.29 is 63.2 Å². The second kappa shape index (κ2) is 28.7. The molecule has 479 valence electrons. The summed E-state index contributed by atoms with van der Waals surface area (Å²) in [5.74, 6) is -7.95. The largest absolute Gasteiger partial charge is 0.455 e. The summed E-state index contributed by atoms with van der Waals surface area (Å²) < 4.78 is 6.16. The van der Waals surface area contributed by atoms with E-state index < -0.39 is 137 Å². The van der Waals surface area contributed by atoms with Crippen molar-refractivity contribution >= 4 is 116 Å². The molecule has 0 saturated carbocycles. The van der Waals surface area contributed by atoms with Crippen LogP contribution in [0.3, 0.4) is 0 Å². The lowest BCUT2D eigenvalue weighted by Crippen LogP contribution is -2.53. The number of thiazole rings is 3. The molecule has 0 spiro atoms. The number of aliphatic hydroxyl groups excluding tert-OH is 3. The summed E-state index contributed by atoms with van der Waals surface area (Å²) in [6, 6.07) is -6.95. The minimum Gasteiger partial charge on any atom is -0.455 e. The van der Waals surface area contributed by atoms with E-state index in [2.05, 4.69) is 69.4 Å². The number of aliphatic hydroxyl groups is 3. The smallest absolute Gasteiger partial charge is 0.357 e. The summed E-state index contributed by atoms with van der Waals surface area (Å²) in [6.45, 7) is 22.5. The maximum Gasteiger partial charge on any atom is 0.357 e. The van der Waals surface area contributed by atoms with E-state index in [1.807, 2.05) is 6.92 Å². The van der Waals surface area contributed by atoms with Gasteiger partial charge in [0.15, 0.2) is 0 Å². The van der Waals surface area contributed by atoms with Gasteiger partial charge in [-0.2, -0.15) is 0 Å². The molecule has 13 bridgehead atoms. The number of carbonyl (C=O) groups is 9. The Labute approximate surface area is 539 Å². The quantitative estimate of drug-likeness (QED) is 0.101. The predicted molar refractivity (Wildman–Crippen MR) is 336 cm³/mol. The van der Waals surface area contributed by atoms with Crippen LogP contribution < -0.4 is 47.9 Å². The zero-order chi connectivity index (χ0) is 65.7. The molecule has 4 aromatic rings. The summed E-state index contributed by atoms with van der Waals surface area (Å²) in [5, 5.41) is 63.2. The molecule has 91 heavy (non-hydrogen) atoms. The molecule has 1 aliphatic carbocycles. The summed E-state index contributed by atoms with van der Waals surface area (Å²) in [6.07, 6.45) is 1.34. The van der Waals surface area contributed by atoms with Gasteiger partial charge in [-0.25, -0.2) is 24.7 Å². The minimum absolute atomic E-state index is 0.0242. The average molecular weight is 1320 g/mol. The van der Waals surface area contributed by atoms with Gasteiger partial charge in [0.2, 0.25) is 29.5 Å². The SMILES string of the molecule is [CH][C](C)[C@@H]1NC(=O)[C@H]2CSC(=N2)/C(=C/C)NC(=O)[C@H]([C@@H](C)O)NC(=O)c2csc(n2)[C@@]23CCC=N[C@H]2c2csc(n2)[C@@H](NC(=O)c2csc1n2)[C@@H](C)OC(=O)c1cc([C@H](C)O)c2c(n1)[C@H](O)C(C=C2)N[C@H]([C@@H](C)CC)C(=O)N[CH]C(=O)NC(=C)C(=O)N[CH]C(=O)N3. The summed E-state index contributed by atoms with van der Waals surface area (Å²) in [5.41, 5.74) is -2.28. The number of rotatable bonds is 5. The first-order valence-corrected chi connectivity index (χ1v) is 32.3. The van der Waals surface area contributed by atoms with Crippen LogP contribution in [0.2, 0.25) is 0 Å². The number of aliphatic imine (C=N–C) groups is 2. The number of amides is 8. The second-order valence-electron chi connectivity index (χ2n) is 22.0. The van der Waals surface area contributed by atoms with Crippen molar-refractivity contribution in [2.45, 2.75) is 140 Å². The number of hydrogen-bond donors (Lipinski definition) is 12. The number of aromatic nitrogens is 4. The van der Waals surface area contributed by atoms with E-state index in [0.717, 1.165) is 58.9 Å². The molecule has 0 fully saturated rings. The highest BCUT2D eigenvalue weighted by molar-refractivity contribution is 8.14. The van der Waals surface area contributed by atoms with Crippen molar-refractivity contribution in [3.05, 3.63) is 133 Å². The van der Waals surface area contributed by atoms with E-state index >= 15 is 0 Å². The fourth-order valence-corrected chi connectivity index (χ4v) is 14.3. The third-order valence-electron chi connectivity index (χ3n) is 15.5. The maximum atomic E-state index is 14.7. The number of thioether (sulfide) groups is 1. The van der Waals surface area contributed by atoms with E-state index in [0.29, 0.717) is 6.42 Å². The van der Waals surface area contributed by atoms with Crippen LogP contribution in [0.5, 0.6) is 0 Å². The zero-order valence-corrected chi connectivity index (χ0v) is 53.3. The number of cyclic esters (lactones) is 1. The molecule has 0 saturated heterocycles. The lowest BCUT2D eigenvalue weighted by atomic mass is 9.82. The lowest BCUT2D eigenvalue weighted by Gasteiger charge is -2.39. The normalized spacial score (nSPS) is 28.2. The molecule has 8 heterocycles. The molecule has 1 unspecified atom stereocenters. The standard InChI is InChI=1S/C59H66N15O13S4/c1-10-25(5)42-52(84)62-18-39(77)63-26(6)48(80)61-19-40(78)74-59-15-12-16-60-47(59)35-20-89-56(67-35)44(29(9)87-57(86)34-17-31(27(7)75)30-13-14-33(64-42)46(79)45(30)65-34)73-50(82)37-22-90-55(69-37)41(24(3)4)71-49(81)36-21-88-54(68-36)32(11-2)66-53(85)43(28(8)76)72-51(83)38-23-91-58(59)70-38/h3,11,13-14,16-20,22-23,25,27-29,33,36,41-44,46-47,64,75-76,79H,6,10,12,15,21H2,1-2,4-5,7-9H3,(H,61,80)(H,62,84)(H,63,77)(H,66,85)(H,71,81)(H,72,83)(H,73,82)(H,74,78)/b32-11-/t25-,27-,28+,29+,33?,36+,41-,42+,43-,44-,46+,47-,59+/m0/s1. The first kappa shape index (κ1) is 67.4. The Hall–Kier alpha value is -7.98. The second-order valence-corrected chi connectivity index (χ2v) is 25.7. The van der Waals surface area contributed by atoms with E-state index in [1.165, 1.54) is 43.7 Å². The Morgan fingerprint density at radius 3 is 2.27 bits per heavy atom. The molecule has 9 rings (SSSR count). The highest BCUT2D eigenvalue weighted by Crippen LogP contribution is 2.46. The summed E-state index contributed by atoms with van der Waals surface area (Å²) >= 11 is 4.09. The Morgan fingerprint density at radius 2 is 1.56 bits per heavy atom. The first-order valence-electron chi connectivity index (χ1n) is 28.7. The molecule has 4 aliphatic heterocycles. The van der Waals surface area contributed by atoms with Crippen LogP contribution in [0.1, 0.15) is 167 Å². The topological polar surface area (TPSA) is 408 Å². The molecular weight excluding hydrogens is 1260 g/mol. The zero-order valence-electron chi connectivity index (χ0n) is 50.1. The number of fused-ring (bicyclic) bond motifs is 7. The number of nitrogens with zero attached hydrogens (tertiary/aromatic N) is 6. The van der Waals surface area contributed by atoms with E-state index in [1.54, 1.807) is 44.5 Å². The van der Waals surface area contributed by atoms with Crippen molar-refractivity contribution in [2.24, 2.45) is 15.9 Å². The molecule has 5 radical (unpaired) electrons. The van der Waals surface area contributed by atoms with Gasteiger partial charge in [-0.05, 0) is 71.2 Å². The molecule has 12 N–H and O–H groups in total. The Bertz CT molecular complexity index is 3670. The van der Waals surface area contributed by atoms with Crippen molar-refractivity contribution in [3.8, 4) is 0 Å². The number of carbonyl (C=O) groups excluding carboxylic acids is 9. The maximum absolute atomic E-state index is 14.7. The molecule has 13 atom stereocenters. The van der Waals surface area contributed by atoms with Gasteiger partial charge in [-0.3, -0.25) is 53.7 Å². The fraction of sp³-hybridized carbons (Fsp3) is 0.407. The number of ether oxygens (including phenoxy) is 1. The fourth-order valence-electron chi connectivity index (χ4n) is 10.3. The molecule has 0 aromatic carbocycles. The third-order valence-corrected chi connectivity index (χ3v) is 19.4. The van der Waals surface area contributed by atoms with Crippen molar-refractivity contribution in [1.29, 1.82) is 0 Å². The van der Waals surface area contributed by atoms with Gasteiger partial charge in [0, 0.05) is 33.4 Å². The molecule has 5 aliphatic rings. The van der Waals surface area contributed by atoms with Crippen LogP contribution in [-0.2, 0) is 39.0 Å². The van der Waals surface area contributed by atoms with E-state index in [9.17, 15) is 58.5 Å². The van der Waals surface area contributed by atoms with Gasteiger partial charge < -0.3 is 62.6 Å². The van der Waals surface area contributed by atoms with Gasteiger partial charge in [-0.15, -0.1) is 45.8 Å². The minimum atomic E-state index is -1.73. The molecule has 8 amide bonds. The Balaban J connectivity index is 1.17. The number of nitrogens with one attached hydrogen (secondary N) is 9. The van der Waals surface area contributed by atoms with Crippen molar-refractivity contribution in [2.75, 3.05) is 5.75 Å².